The molecule has 0 fully saturated rings. The van der Waals surface area contributed by atoms with E-state index in [0.717, 1.165) is 5.69 Å². The number of carboxylic acids is 1. The van der Waals surface area contributed by atoms with Crippen molar-refractivity contribution in [3.63, 3.8) is 0 Å². The molecule has 0 atom stereocenters. The fourth-order valence-corrected chi connectivity index (χ4v) is 0.665. The maximum absolute atomic E-state index is 10.3. The van der Waals surface area contributed by atoms with Crippen molar-refractivity contribution < 1.29 is 30.0 Å². The molecule has 5 heteroatoms. The summed E-state index contributed by atoms with van der Waals surface area (Å²) in [6.07, 6.45) is 0. The van der Waals surface area contributed by atoms with E-state index in [1.807, 2.05) is 0 Å². The van der Waals surface area contributed by atoms with Crippen LogP contribution in [0, 0.1) is 6.92 Å². The number of aryl methyl sites for hydroxylation is 2. The zero-order chi connectivity index (χ0) is 7.72. The molecule has 0 spiro atoms. The third-order valence-corrected chi connectivity index (χ3v) is 1.33. The first-order valence-electron chi connectivity index (χ1n) is 2.85. The zero-order valence-corrected chi connectivity index (χ0v) is 8.56. The van der Waals surface area contributed by atoms with Crippen molar-refractivity contribution in [2.45, 2.75) is 6.92 Å². The molecule has 0 aliphatic heterocycles. The summed E-state index contributed by atoms with van der Waals surface area (Å²) < 4.78 is 1.53. The molecule has 1 heterocycles. The molecule has 0 bridgehead atoms. The first-order chi connectivity index (χ1) is 4.61. The summed E-state index contributed by atoms with van der Waals surface area (Å²) in [7, 11) is 1.71. The van der Waals surface area contributed by atoms with Crippen LogP contribution in [-0.2, 0) is 27.2 Å². The Bertz CT molecular complexity index is 250. The molecule has 11 heavy (non-hydrogen) atoms. The van der Waals surface area contributed by atoms with Crippen LogP contribution in [0.25, 0.3) is 0 Å². The molecule has 0 saturated heterocycles. The number of carbonyl (C=O) groups is 1. The van der Waals surface area contributed by atoms with Crippen molar-refractivity contribution in [3.8, 4) is 0 Å². The number of carboxylic acid groups (broad SMARTS) is 1. The molecule has 1 radical (unpaired) electrons. The van der Waals surface area contributed by atoms with Gasteiger partial charge in [-0.05, 0) is 13.0 Å². The van der Waals surface area contributed by atoms with Crippen LogP contribution in [0.4, 0.5) is 0 Å². The molecular weight excluding hydrogens is 324 g/mol. The van der Waals surface area contributed by atoms with Gasteiger partial charge in [-0.3, -0.25) is 4.68 Å². The molecule has 0 aliphatic rings. The van der Waals surface area contributed by atoms with E-state index in [1.54, 1.807) is 14.0 Å². The Morgan fingerprint density at radius 1 is 1.73 bits per heavy atom. The van der Waals surface area contributed by atoms with Crippen LogP contribution in [0.3, 0.4) is 0 Å². The summed E-state index contributed by atoms with van der Waals surface area (Å²) in [6.45, 7) is 1.80. The zero-order valence-electron chi connectivity index (χ0n) is 6.16. The van der Waals surface area contributed by atoms with Gasteiger partial charge in [-0.2, -0.15) is 5.10 Å². The second-order valence-electron chi connectivity index (χ2n) is 2.10. The Morgan fingerprint density at radius 3 is 2.45 bits per heavy atom. The van der Waals surface area contributed by atoms with Gasteiger partial charge < -0.3 is 5.11 Å². The smallest absolute Gasteiger partial charge is 0.356 e. The quantitative estimate of drug-likeness (QED) is 0.811. The second kappa shape index (κ2) is 3.64. The minimum absolute atomic E-state index is 0. The molecule has 0 aliphatic carbocycles. The van der Waals surface area contributed by atoms with Crippen LogP contribution in [0.5, 0.6) is 0 Å². The Morgan fingerprint density at radius 2 is 2.27 bits per heavy atom. The van der Waals surface area contributed by atoms with E-state index in [-0.39, 0.29) is 25.8 Å². The minimum Gasteiger partial charge on any atom is -0.476 e. The van der Waals surface area contributed by atoms with Gasteiger partial charge in [0.2, 0.25) is 0 Å². The third kappa shape index (κ3) is 2.13. The van der Waals surface area contributed by atoms with E-state index in [2.05, 4.69) is 5.10 Å². The summed E-state index contributed by atoms with van der Waals surface area (Å²) in [5.41, 5.74) is 0.942. The number of hydrogen-bond donors (Lipinski definition) is 1. The van der Waals surface area contributed by atoms with Gasteiger partial charge in [0.05, 0.1) is 0 Å². The summed E-state index contributed by atoms with van der Waals surface area (Å²) in [6, 6.07) is 1.53. The van der Waals surface area contributed by atoms with E-state index in [0.29, 0.717) is 0 Å². The van der Waals surface area contributed by atoms with Gasteiger partial charge in [-0.25, -0.2) is 4.79 Å². The maximum atomic E-state index is 10.3. The van der Waals surface area contributed by atoms with Crippen LogP contribution in [0.15, 0.2) is 6.07 Å². The van der Waals surface area contributed by atoms with E-state index >= 15 is 0 Å². The van der Waals surface area contributed by atoms with Gasteiger partial charge >= 0.3 is 5.97 Å². The molecule has 0 unspecified atom stereocenters. The van der Waals surface area contributed by atoms with Gasteiger partial charge in [0.15, 0.2) is 5.69 Å². The van der Waals surface area contributed by atoms with Gasteiger partial charge in [-0.1, -0.05) is 0 Å². The Kier molecular flexibility index (Phi) is 3.42. The SMILES string of the molecule is Cc1cc(C(=O)O)nn1C.[Ir]. The van der Waals surface area contributed by atoms with Crippen molar-refractivity contribution in [2.75, 3.05) is 0 Å². The van der Waals surface area contributed by atoms with E-state index < -0.39 is 5.97 Å². The molecule has 1 aromatic heterocycles. The monoisotopic (exact) mass is 333 g/mol. The minimum atomic E-state index is -0.983. The molecule has 1 aromatic rings. The molecule has 1 N–H and O–H groups in total. The predicted molar refractivity (Wildman–Crippen MR) is 34.9 cm³/mol. The fraction of sp³-hybridized carbons (Fsp3) is 0.333. The van der Waals surface area contributed by atoms with Crippen LogP contribution >= 0.6 is 0 Å². The summed E-state index contributed by atoms with van der Waals surface area (Å²) in [4.78, 5) is 10.3. The Labute approximate surface area is 77.6 Å². The van der Waals surface area contributed by atoms with Gasteiger partial charge in [0, 0.05) is 32.8 Å². The number of aromatic carboxylic acids is 1. The second-order valence-corrected chi connectivity index (χ2v) is 2.10. The number of aromatic nitrogens is 2. The molecule has 0 aromatic carbocycles. The predicted octanol–water partition coefficient (Wildman–Crippen LogP) is 0.424. The van der Waals surface area contributed by atoms with Gasteiger partial charge in [0.25, 0.3) is 0 Å². The summed E-state index contributed by atoms with van der Waals surface area (Å²) in [5.74, 6) is -0.983. The molecule has 1 rings (SSSR count). The Balaban J connectivity index is 0.000001000. The first-order valence-corrected chi connectivity index (χ1v) is 2.85. The van der Waals surface area contributed by atoms with E-state index in [1.165, 1.54) is 10.7 Å². The molecule has 4 nitrogen and oxygen atoms in total. The van der Waals surface area contributed by atoms with Crippen molar-refractivity contribution in [3.05, 3.63) is 17.5 Å². The maximum Gasteiger partial charge on any atom is 0.356 e. The third-order valence-electron chi connectivity index (χ3n) is 1.33. The normalized spacial score (nSPS) is 8.91. The molecule has 0 amide bonds. The van der Waals surface area contributed by atoms with Crippen molar-refractivity contribution in [1.29, 1.82) is 0 Å². The summed E-state index contributed by atoms with van der Waals surface area (Å²) >= 11 is 0. The number of rotatable bonds is 1. The van der Waals surface area contributed by atoms with Crippen molar-refractivity contribution >= 4 is 5.97 Å². The topological polar surface area (TPSA) is 55.1 Å². The average molecular weight is 332 g/mol. The molecule has 63 valence electrons. The van der Waals surface area contributed by atoms with E-state index in [4.69, 9.17) is 5.11 Å². The fourth-order valence-electron chi connectivity index (χ4n) is 0.665. The van der Waals surface area contributed by atoms with E-state index in [9.17, 15) is 4.79 Å². The van der Waals surface area contributed by atoms with Gasteiger partial charge in [-0.15, -0.1) is 0 Å². The average Bonchev–Trinajstić information content (AvgIpc) is 2.13. The molecule has 0 saturated carbocycles. The van der Waals surface area contributed by atoms with Gasteiger partial charge in [0.1, 0.15) is 0 Å². The first kappa shape index (κ1) is 10.3. The standard InChI is InChI=1S/C6H8N2O2.Ir/c1-4-3-5(6(9)10)7-8(4)2;/h3H,1-2H3,(H,9,10);. The van der Waals surface area contributed by atoms with Crippen molar-refractivity contribution in [2.24, 2.45) is 7.05 Å². The van der Waals surface area contributed by atoms with Crippen LogP contribution in [0.2, 0.25) is 0 Å². The van der Waals surface area contributed by atoms with Crippen LogP contribution in [-0.4, -0.2) is 20.9 Å². The van der Waals surface area contributed by atoms with Crippen molar-refractivity contribution in [1.82, 2.24) is 9.78 Å². The molecular formula is C6H8IrN2O2. The number of hydrogen-bond acceptors (Lipinski definition) is 2. The Hall–Kier alpha value is -0.671. The summed E-state index contributed by atoms with van der Waals surface area (Å²) in [5, 5.41) is 12.2. The number of nitrogens with zero attached hydrogens (tertiary/aromatic N) is 2. The van der Waals surface area contributed by atoms with Crippen LogP contribution < -0.4 is 0 Å². The largest absolute Gasteiger partial charge is 0.476 e. The van der Waals surface area contributed by atoms with Crippen LogP contribution in [0.1, 0.15) is 16.2 Å².